The Hall–Kier alpha value is -3.95. The monoisotopic (exact) mass is 644 g/mol. The van der Waals surface area contributed by atoms with Gasteiger partial charge in [0.1, 0.15) is 40.8 Å². The minimum atomic E-state index is -1.66. The molecule has 2 N–H and O–H groups in total. The Balaban J connectivity index is 1.58. The molecule has 1 aromatic rings. The van der Waals surface area contributed by atoms with Crippen LogP contribution in [0.5, 0.6) is 17.2 Å². The number of phenolic OH excluding ortho intramolecular Hbond substituents is 1. The molecule has 250 valence electrons. The lowest BCUT2D eigenvalue weighted by molar-refractivity contribution is -0.171. The first-order chi connectivity index (χ1) is 22.1. The number of ether oxygens (including phenoxy) is 4. The normalized spacial score (nSPS) is 30.7. The number of hydrogen-bond donors (Lipinski definition) is 2. The van der Waals surface area contributed by atoms with Gasteiger partial charge in [-0.15, -0.1) is 0 Å². The second kappa shape index (κ2) is 11.3. The summed E-state index contributed by atoms with van der Waals surface area (Å²) < 4.78 is 25.6. The highest BCUT2D eigenvalue weighted by Gasteiger charge is 2.81. The number of aromatic hydroxyl groups is 1. The molecule has 7 rings (SSSR count). The van der Waals surface area contributed by atoms with Crippen molar-refractivity contribution in [3.63, 3.8) is 0 Å². The summed E-state index contributed by atoms with van der Waals surface area (Å²) in [5, 5.41) is 21.6. The summed E-state index contributed by atoms with van der Waals surface area (Å²) in [4.78, 5) is 40.2. The average Bonchev–Trinajstić information content (AvgIpc) is 3.15. The third kappa shape index (κ3) is 4.84. The van der Waals surface area contributed by atoms with Crippen molar-refractivity contribution in [2.24, 2.45) is 11.8 Å². The van der Waals surface area contributed by atoms with E-state index < -0.39 is 46.6 Å². The van der Waals surface area contributed by atoms with Gasteiger partial charge >= 0.3 is 0 Å². The maximum absolute atomic E-state index is 14.8. The molecule has 9 nitrogen and oxygen atoms in total. The smallest absolute Gasteiger partial charge is 0.298 e. The molecule has 2 unspecified atom stereocenters. The summed E-state index contributed by atoms with van der Waals surface area (Å²) >= 11 is 0. The summed E-state index contributed by atoms with van der Waals surface area (Å²) in [6, 6.07) is 0. The molecule has 0 aromatic heterocycles. The molecular formula is C38H44O9. The maximum atomic E-state index is 14.8. The Kier molecular flexibility index (Phi) is 7.95. The van der Waals surface area contributed by atoms with Gasteiger partial charge in [0.2, 0.25) is 0 Å². The van der Waals surface area contributed by atoms with Gasteiger partial charge < -0.3 is 29.2 Å². The number of allylic oxidation sites excluding steroid dienone is 5. The Morgan fingerprint density at radius 3 is 2.43 bits per heavy atom. The molecule has 1 saturated heterocycles. The van der Waals surface area contributed by atoms with Crippen LogP contribution in [0.2, 0.25) is 0 Å². The fraction of sp³-hybridized carbons (Fsp3) is 0.500. The Bertz CT molecular complexity index is 1710. The number of Topliss-reactive ketones (excluding diaryl/α,β-unsaturated/α-hetero) is 2. The molecule has 5 atom stereocenters. The van der Waals surface area contributed by atoms with Crippen LogP contribution >= 0.6 is 0 Å². The van der Waals surface area contributed by atoms with Gasteiger partial charge in [-0.05, 0) is 92.4 Å². The summed E-state index contributed by atoms with van der Waals surface area (Å²) in [7, 11) is 0. The maximum Gasteiger partial charge on any atom is 0.298 e. The van der Waals surface area contributed by atoms with Gasteiger partial charge in [0, 0.05) is 29.4 Å². The number of ketones is 2. The van der Waals surface area contributed by atoms with Crippen LogP contribution < -0.4 is 9.47 Å². The summed E-state index contributed by atoms with van der Waals surface area (Å²) in [6.07, 6.45) is 13.2. The van der Waals surface area contributed by atoms with E-state index in [1.165, 1.54) is 11.6 Å². The molecule has 2 fully saturated rings. The van der Waals surface area contributed by atoms with Gasteiger partial charge in [0.15, 0.2) is 22.8 Å². The number of carbonyl (C=O) groups is 3. The lowest BCUT2D eigenvalue weighted by Crippen LogP contribution is -2.72. The van der Waals surface area contributed by atoms with Crippen LogP contribution in [-0.2, 0) is 25.5 Å². The van der Waals surface area contributed by atoms with Gasteiger partial charge in [0.05, 0.1) is 11.2 Å². The number of rotatable bonds is 10. The first-order valence-electron chi connectivity index (χ1n) is 16.3. The Morgan fingerprint density at radius 1 is 1.04 bits per heavy atom. The fourth-order valence-electron chi connectivity index (χ4n) is 8.26. The van der Waals surface area contributed by atoms with Crippen molar-refractivity contribution in [3.05, 3.63) is 69.5 Å². The van der Waals surface area contributed by atoms with Crippen molar-refractivity contribution in [2.75, 3.05) is 6.61 Å². The minimum Gasteiger partial charge on any atom is -0.506 e. The number of aliphatic hydroxyl groups is 1. The lowest BCUT2D eigenvalue weighted by atomic mass is 9.51. The van der Waals surface area contributed by atoms with E-state index in [0.29, 0.717) is 36.1 Å². The molecule has 3 heterocycles. The van der Waals surface area contributed by atoms with Gasteiger partial charge in [-0.1, -0.05) is 29.4 Å². The zero-order valence-electron chi connectivity index (χ0n) is 28.2. The minimum absolute atomic E-state index is 0.0403. The highest BCUT2D eigenvalue weighted by atomic mass is 16.6. The van der Waals surface area contributed by atoms with E-state index in [4.69, 9.17) is 18.9 Å². The summed E-state index contributed by atoms with van der Waals surface area (Å²) in [5.74, 6) is -1.31. The van der Waals surface area contributed by atoms with Crippen molar-refractivity contribution in [1.29, 1.82) is 0 Å². The van der Waals surface area contributed by atoms with Gasteiger partial charge in [-0.25, -0.2) is 0 Å². The molecule has 47 heavy (non-hydrogen) atoms. The van der Waals surface area contributed by atoms with E-state index in [1.54, 1.807) is 6.08 Å². The number of hydrogen-bond acceptors (Lipinski definition) is 9. The van der Waals surface area contributed by atoms with Crippen LogP contribution in [0, 0.1) is 11.8 Å². The van der Waals surface area contributed by atoms with Crippen LogP contribution in [0.25, 0.3) is 6.08 Å². The molecule has 9 heteroatoms. The Labute approximate surface area is 275 Å². The first kappa shape index (κ1) is 33.0. The molecule has 3 aliphatic carbocycles. The number of fused-ring (bicyclic) bond motifs is 2. The van der Waals surface area contributed by atoms with Crippen LogP contribution in [-0.4, -0.2) is 57.3 Å². The highest BCUT2D eigenvalue weighted by Crippen LogP contribution is 2.68. The molecule has 0 radical (unpaired) electrons. The van der Waals surface area contributed by atoms with Crippen LogP contribution in [0.3, 0.4) is 0 Å². The molecule has 0 amide bonds. The quantitative estimate of drug-likeness (QED) is 0.172. The number of phenols is 1. The van der Waals surface area contributed by atoms with Gasteiger partial charge in [-0.2, -0.15) is 0 Å². The molecular weight excluding hydrogens is 600 g/mol. The molecule has 1 spiro atoms. The SMILES string of the molecule is CC(C)=CCC[C@@]1(C)C=Cc2c(O)c3c(c(CC=C(C)C)c2O1)O[C@]12C(=C[C@@H]4CC1C(C)(C)OC2(C/C=C(/CO)OC=O)C4=O)C3=O. The molecule has 1 aromatic carbocycles. The molecule has 1 saturated carbocycles. The number of benzene rings is 1. The largest absolute Gasteiger partial charge is 0.506 e. The molecule has 6 aliphatic rings. The molecule has 3 aliphatic heterocycles. The van der Waals surface area contributed by atoms with E-state index in [9.17, 15) is 24.6 Å². The van der Waals surface area contributed by atoms with Gasteiger partial charge in [0.25, 0.3) is 6.47 Å². The van der Waals surface area contributed by atoms with Crippen molar-refractivity contribution >= 4 is 24.1 Å². The van der Waals surface area contributed by atoms with E-state index in [2.05, 4.69) is 19.9 Å². The zero-order chi connectivity index (χ0) is 34.1. The van der Waals surface area contributed by atoms with Crippen molar-refractivity contribution in [1.82, 2.24) is 0 Å². The van der Waals surface area contributed by atoms with E-state index in [0.717, 1.165) is 12.0 Å². The second-order valence-corrected chi connectivity index (χ2v) is 14.6. The third-order valence-electron chi connectivity index (χ3n) is 10.4. The number of carbonyl (C=O) groups excluding carboxylic acids is 3. The number of aliphatic hydroxyl groups excluding tert-OH is 1. The van der Waals surface area contributed by atoms with Gasteiger partial charge in [-0.3, -0.25) is 14.4 Å². The van der Waals surface area contributed by atoms with Crippen LogP contribution in [0.1, 0.15) is 95.6 Å². The summed E-state index contributed by atoms with van der Waals surface area (Å²) in [6.45, 7) is 13.5. The lowest BCUT2D eigenvalue weighted by Gasteiger charge is -2.56. The fourth-order valence-corrected chi connectivity index (χ4v) is 8.26. The second-order valence-electron chi connectivity index (χ2n) is 14.6. The topological polar surface area (TPSA) is 129 Å². The van der Waals surface area contributed by atoms with Crippen LogP contribution in [0.15, 0.2) is 52.9 Å². The highest BCUT2D eigenvalue weighted by molar-refractivity contribution is 6.19. The third-order valence-corrected chi connectivity index (χ3v) is 10.4. The summed E-state index contributed by atoms with van der Waals surface area (Å²) in [5.41, 5.74) is -1.16. The predicted octanol–water partition coefficient (Wildman–Crippen LogP) is 6.26. The average molecular weight is 645 g/mol. The predicted molar refractivity (Wildman–Crippen MR) is 175 cm³/mol. The Morgan fingerprint density at radius 2 is 1.77 bits per heavy atom. The van der Waals surface area contributed by atoms with E-state index >= 15 is 0 Å². The zero-order valence-corrected chi connectivity index (χ0v) is 28.2. The van der Waals surface area contributed by atoms with Crippen molar-refractivity contribution < 1.29 is 43.5 Å². The standard InChI is InChI=1S/C38H44O9/c1-21(2)9-8-14-36(7)15-13-25-30(41)29-31(42)27-17-23-18-28-35(5,6)47-37(34(23)43,16-12-24(19-39)44-20-40)38(27,28)46-33(29)26(32(25)45-36)11-10-22(3)4/h9-10,12-13,15,17,20,23,28,39,41H,8,11,14,16,18-19H2,1-7H3/b24-12-/t23-,28?,36+,37?,38-/m1/s1. The molecule has 4 bridgehead atoms. The van der Waals surface area contributed by atoms with Crippen LogP contribution in [0.4, 0.5) is 0 Å². The van der Waals surface area contributed by atoms with E-state index in [-0.39, 0.29) is 47.1 Å². The van der Waals surface area contributed by atoms with Crippen molar-refractivity contribution in [3.8, 4) is 17.2 Å². The van der Waals surface area contributed by atoms with E-state index in [1.807, 2.05) is 52.8 Å². The first-order valence-corrected chi connectivity index (χ1v) is 16.3. The van der Waals surface area contributed by atoms with Crippen molar-refractivity contribution in [2.45, 2.75) is 103 Å².